The molecular formula is C27H37F2NO6. The lowest BCUT2D eigenvalue weighted by Gasteiger charge is -2.47. The molecule has 0 saturated carbocycles. The predicted molar refractivity (Wildman–Crippen MR) is 131 cm³/mol. The third-order valence-electron chi connectivity index (χ3n) is 7.20. The molecule has 1 aliphatic heterocycles. The second-order valence-corrected chi connectivity index (χ2v) is 10.4. The van der Waals surface area contributed by atoms with Crippen LogP contribution < -0.4 is 9.47 Å². The quantitative estimate of drug-likeness (QED) is 0.0736. The number of halogens is 2. The molecule has 0 radical (unpaired) electrons. The van der Waals surface area contributed by atoms with E-state index < -0.39 is 22.6 Å². The van der Waals surface area contributed by atoms with Gasteiger partial charge in [0.1, 0.15) is 17.1 Å². The monoisotopic (exact) mass is 509 g/mol. The first kappa shape index (κ1) is 27.9. The van der Waals surface area contributed by atoms with Crippen LogP contribution in [0.2, 0.25) is 0 Å². The van der Waals surface area contributed by atoms with E-state index in [0.29, 0.717) is 17.7 Å². The fraction of sp³-hybridized carbons (Fsp3) is 0.667. The van der Waals surface area contributed by atoms with E-state index in [0.717, 1.165) is 32.1 Å². The number of unbranched alkanes of at least 4 members (excludes halogenated alkanes) is 3. The first-order valence-corrected chi connectivity index (χ1v) is 12.8. The molecule has 7 nitrogen and oxygen atoms in total. The highest BCUT2D eigenvalue weighted by Crippen LogP contribution is 2.55. The van der Waals surface area contributed by atoms with Gasteiger partial charge in [0.2, 0.25) is 0 Å². The summed E-state index contributed by atoms with van der Waals surface area (Å²) in [6, 6.07) is 2.71. The van der Waals surface area contributed by atoms with Gasteiger partial charge in [-0.05, 0) is 58.6 Å². The van der Waals surface area contributed by atoms with Gasteiger partial charge in [0.25, 0.3) is 11.0 Å². The van der Waals surface area contributed by atoms with Crippen LogP contribution >= 0.6 is 0 Å². The fourth-order valence-corrected chi connectivity index (χ4v) is 5.29. The second-order valence-electron chi connectivity index (χ2n) is 10.4. The molecule has 0 aromatic heterocycles. The van der Waals surface area contributed by atoms with Crippen molar-refractivity contribution in [3.63, 3.8) is 0 Å². The zero-order chi connectivity index (χ0) is 26.5. The van der Waals surface area contributed by atoms with E-state index in [1.54, 1.807) is 0 Å². The van der Waals surface area contributed by atoms with Crippen molar-refractivity contribution in [1.82, 2.24) is 0 Å². The van der Waals surface area contributed by atoms with E-state index >= 15 is 8.78 Å². The molecule has 9 heteroatoms. The summed E-state index contributed by atoms with van der Waals surface area (Å²) >= 11 is 0. The molecule has 0 spiro atoms. The summed E-state index contributed by atoms with van der Waals surface area (Å²) in [6.45, 7) is 7.76. The fourth-order valence-electron chi connectivity index (χ4n) is 5.29. The van der Waals surface area contributed by atoms with Gasteiger partial charge in [-0.3, -0.25) is 4.79 Å². The van der Waals surface area contributed by atoms with Crippen molar-refractivity contribution in [1.29, 1.82) is 0 Å². The Morgan fingerprint density at radius 2 is 2.00 bits per heavy atom. The molecular weight excluding hydrogens is 472 g/mol. The lowest BCUT2D eigenvalue weighted by molar-refractivity contribution is -0.757. The van der Waals surface area contributed by atoms with Crippen LogP contribution in [0.3, 0.4) is 0 Å². The van der Waals surface area contributed by atoms with Gasteiger partial charge in [-0.2, -0.15) is 0 Å². The van der Waals surface area contributed by atoms with Gasteiger partial charge in [-0.15, -0.1) is 10.1 Å². The van der Waals surface area contributed by atoms with Gasteiger partial charge in [-0.1, -0.05) is 37.8 Å². The summed E-state index contributed by atoms with van der Waals surface area (Å²) in [6.07, 6.45) is 6.29. The summed E-state index contributed by atoms with van der Waals surface area (Å²) in [5.41, 5.74) is 1.03. The number of carbonyl (C=O) groups is 1. The lowest BCUT2D eigenvalue weighted by atomic mass is 9.67. The van der Waals surface area contributed by atoms with Crippen LogP contribution in [0.4, 0.5) is 8.78 Å². The number of nitrogens with zero attached hydrogens (tertiary/aromatic N) is 1. The summed E-state index contributed by atoms with van der Waals surface area (Å²) in [4.78, 5) is 27.2. The Bertz CT molecular complexity index is 991. The average molecular weight is 510 g/mol. The molecule has 0 saturated heterocycles. The Balaban J connectivity index is 1.95. The van der Waals surface area contributed by atoms with Crippen LogP contribution in [-0.4, -0.2) is 23.3 Å². The zero-order valence-corrected chi connectivity index (χ0v) is 21.6. The Labute approximate surface area is 211 Å². The number of fused-ring (bicyclic) bond motifs is 3. The zero-order valence-electron chi connectivity index (χ0n) is 21.6. The molecule has 1 heterocycles. The summed E-state index contributed by atoms with van der Waals surface area (Å²) in [5, 5.41) is 9.40. The average Bonchev–Trinajstić information content (AvgIpc) is 2.78. The summed E-state index contributed by atoms with van der Waals surface area (Å²) < 4.78 is 42.5. The maximum atomic E-state index is 15.3. The Hall–Kier alpha value is -2.71. The molecule has 1 aromatic carbocycles. The molecule has 0 fully saturated rings. The van der Waals surface area contributed by atoms with Crippen molar-refractivity contribution in [2.75, 3.05) is 6.61 Å². The van der Waals surface area contributed by atoms with Gasteiger partial charge in [0.15, 0.2) is 0 Å². The standard InChI is InChI=1S/C27H37F2NO6/c1-5-6-7-8-13-27(28,29)19-16-22(35-24(31)10-9-14-34-30(32)33)25-20-15-18(2)11-12-21(20)26(3,4)36-23(25)17-19/h11,16-17,20-21H,5-10,12-15H2,1-4H3. The third-order valence-corrected chi connectivity index (χ3v) is 7.20. The van der Waals surface area contributed by atoms with Gasteiger partial charge < -0.3 is 14.3 Å². The highest BCUT2D eigenvalue weighted by molar-refractivity contribution is 5.73. The molecule has 1 aromatic rings. The highest BCUT2D eigenvalue weighted by Gasteiger charge is 2.47. The van der Waals surface area contributed by atoms with E-state index in [1.807, 2.05) is 27.7 Å². The number of hydrogen-bond donors (Lipinski definition) is 0. The van der Waals surface area contributed by atoms with Crippen LogP contribution in [0.1, 0.15) is 103 Å². The molecule has 0 N–H and O–H groups in total. The Kier molecular flexibility index (Phi) is 8.95. The van der Waals surface area contributed by atoms with Crippen molar-refractivity contribution >= 4 is 5.97 Å². The molecule has 2 unspecified atom stereocenters. The number of benzene rings is 1. The summed E-state index contributed by atoms with van der Waals surface area (Å²) in [5.74, 6) is -3.27. The second kappa shape index (κ2) is 11.6. The topological polar surface area (TPSA) is 87.9 Å². The molecule has 36 heavy (non-hydrogen) atoms. The molecule has 0 bridgehead atoms. The first-order chi connectivity index (χ1) is 16.9. The minimum Gasteiger partial charge on any atom is -0.487 e. The van der Waals surface area contributed by atoms with E-state index in [4.69, 9.17) is 9.47 Å². The van der Waals surface area contributed by atoms with Crippen LogP contribution in [-0.2, 0) is 15.6 Å². The van der Waals surface area contributed by atoms with E-state index in [1.165, 1.54) is 17.7 Å². The van der Waals surface area contributed by atoms with E-state index in [-0.39, 0.29) is 49.0 Å². The number of ether oxygens (including phenoxy) is 2. The maximum Gasteiger partial charge on any atom is 0.311 e. The smallest absolute Gasteiger partial charge is 0.311 e. The minimum atomic E-state index is -3.10. The molecule has 2 atom stereocenters. The van der Waals surface area contributed by atoms with Crippen molar-refractivity contribution in [2.45, 2.75) is 103 Å². The predicted octanol–water partition coefficient (Wildman–Crippen LogP) is 7.25. The van der Waals surface area contributed by atoms with Crippen molar-refractivity contribution in [3.8, 4) is 11.5 Å². The van der Waals surface area contributed by atoms with Crippen LogP contribution in [0.15, 0.2) is 23.8 Å². The SMILES string of the molecule is CCCCCCC(F)(F)c1cc(OC(=O)CCCO[N+](=O)[O-])c2c(c1)OC(C)(C)C1CC=C(C)CC21. The van der Waals surface area contributed by atoms with Gasteiger partial charge >= 0.3 is 5.97 Å². The number of esters is 1. The molecule has 1 aliphatic carbocycles. The van der Waals surface area contributed by atoms with Gasteiger partial charge in [0.05, 0.1) is 6.61 Å². The molecule has 2 aliphatic rings. The Morgan fingerprint density at radius 3 is 2.69 bits per heavy atom. The van der Waals surface area contributed by atoms with Gasteiger partial charge in [-0.25, -0.2) is 8.78 Å². The third kappa shape index (κ3) is 6.73. The van der Waals surface area contributed by atoms with Crippen LogP contribution in [0.25, 0.3) is 0 Å². The first-order valence-electron chi connectivity index (χ1n) is 12.8. The molecule has 200 valence electrons. The highest BCUT2D eigenvalue weighted by atomic mass is 19.3. The van der Waals surface area contributed by atoms with Crippen LogP contribution in [0, 0.1) is 16.0 Å². The van der Waals surface area contributed by atoms with E-state index in [9.17, 15) is 14.9 Å². The van der Waals surface area contributed by atoms with Crippen LogP contribution in [0.5, 0.6) is 11.5 Å². The van der Waals surface area contributed by atoms with Crippen molar-refractivity contribution < 1.29 is 33.0 Å². The number of allylic oxidation sites excluding steroid dienone is 2. The van der Waals surface area contributed by atoms with Crippen molar-refractivity contribution in [3.05, 3.63) is 45.0 Å². The number of alkyl halides is 2. The maximum absolute atomic E-state index is 15.3. The Morgan fingerprint density at radius 1 is 1.25 bits per heavy atom. The normalized spacial score (nSPS) is 20.4. The lowest BCUT2D eigenvalue weighted by Crippen LogP contribution is -2.45. The minimum absolute atomic E-state index is 0.0402. The molecule has 0 amide bonds. The molecule has 3 rings (SSSR count). The van der Waals surface area contributed by atoms with Gasteiger partial charge in [0, 0.05) is 35.8 Å². The summed E-state index contributed by atoms with van der Waals surface area (Å²) in [7, 11) is 0. The van der Waals surface area contributed by atoms with Crippen molar-refractivity contribution in [2.24, 2.45) is 5.92 Å². The number of rotatable bonds is 12. The van der Waals surface area contributed by atoms with E-state index in [2.05, 4.69) is 10.9 Å². The number of hydrogen-bond acceptors (Lipinski definition) is 6. The largest absolute Gasteiger partial charge is 0.487 e. The number of carbonyl (C=O) groups excluding carboxylic acids is 1.